The molecule has 0 saturated carbocycles. The quantitative estimate of drug-likeness (QED) is 0.692. The fourth-order valence-corrected chi connectivity index (χ4v) is 1.70. The van der Waals surface area contributed by atoms with Gasteiger partial charge in [0.15, 0.2) is 0 Å². The molecule has 0 saturated heterocycles. The van der Waals surface area contributed by atoms with E-state index in [2.05, 4.69) is 20.8 Å². The number of aromatic nitrogens is 2. The monoisotopic (exact) mass is 294 g/mol. The van der Waals surface area contributed by atoms with E-state index in [1.54, 1.807) is 12.4 Å². The number of nitrogens with zero attached hydrogens (tertiary/aromatic N) is 1. The number of carboxylic acid groups (broad SMARTS) is 1. The topological polar surface area (TPSA) is 107 Å². The molecule has 0 unspecified atom stereocenters. The van der Waals surface area contributed by atoms with Crippen LogP contribution in [0.3, 0.4) is 0 Å². The summed E-state index contributed by atoms with van der Waals surface area (Å²) in [5.74, 6) is -1.15. The molecule has 7 nitrogen and oxygen atoms in total. The molecule has 104 valence electrons. The predicted octanol–water partition coefficient (Wildman–Crippen LogP) is 2.08. The first-order chi connectivity index (χ1) is 9.56. The van der Waals surface area contributed by atoms with Crippen LogP contribution in [0.15, 0.2) is 30.6 Å². The molecule has 4 N–H and O–H groups in total. The van der Waals surface area contributed by atoms with Gasteiger partial charge in [-0.2, -0.15) is 5.10 Å². The maximum atomic E-state index is 11.7. The fourth-order valence-electron chi connectivity index (χ4n) is 1.53. The molecule has 0 aliphatic heterocycles. The van der Waals surface area contributed by atoms with Crippen molar-refractivity contribution in [1.82, 2.24) is 15.5 Å². The molecule has 0 aliphatic carbocycles. The minimum Gasteiger partial charge on any atom is -0.478 e. The van der Waals surface area contributed by atoms with E-state index in [0.717, 1.165) is 5.56 Å². The van der Waals surface area contributed by atoms with Crippen molar-refractivity contribution in [2.24, 2.45) is 0 Å². The van der Waals surface area contributed by atoms with Crippen LogP contribution in [0.2, 0.25) is 5.02 Å². The molecule has 0 fully saturated rings. The third-order valence-electron chi connectivity index (χ3n) is 2.47. The first kappa shape index (κ1) is 13.9. The first-order valence-electron chi connectivity index (χ1n) is 5.61. The van der Waals surface area contributed by atoms with E-state index in [1.807, 2.05) is 0 Å². The van der Waals surface area contributed by atoms with Crippen molar-refractivity contribution >= 4 is 29.3 Å². The highest BCUT2D eigenvalue weighted by atomic mass is 35.5. The molecule has 2 aromatic rings. The number of halogens is 1. The summed E-state index contributed by atoms with van der Waals surface area (Å²) in [7, 11) is 0. The highest BCUT2D eigenvalue weighted by Gasteiger charge is 2.12. The van der Waals surface area contributed by atoms with Gasteiger partial charge in [0, 0.05) is 23.3 Å². The van der Waals surface area contributed by atoms with E-state index >= 15 is 0 Å². The average Bonchev–Trinajstić information content (AvgIpc) is 2.89. The third-order valence-corrected chi connectivity index (χ3v) is 2.70. The predicted molar refractivity (Wildman–Crippen MR) is 72.9 cm³/mol. The van der Waals surface area contributed by atoms with E-state index in [0.29, 0.717) is 5.02 Å². The van der Waals surface area contributed by atoms with Crippen LogP contribution >= 0.6 is 11.6 Å². The van der Waals surface area contributed by atoms with Crippen LogP contribution in [-0.4, -0.2) is 27.3 Å². The second-order valence-corrected chi connectivity index (χ2v) is 4.35. The summed E-state index contributed by atoms with van der Waals surface area (Å²) >= 11 is 5.79. The van der Waals surface area contributed by atoms with E-state index in [9.17, 15) is 9.59 Å². The maximum Gasteiger partial charge on any atom is 0.337 e. The van der Waals surface area contributed by atoms with Crippen molar-refractivity contribution < 1.29 is 14.7 Å². The number of amides is 2. The molecule has 0 bridgehead atoms. The van der Waals surface area contributed by atoms with Crippen LogP contribution in [-0.2, 0) is 6.54 Å². The highest BCUT2D eigenvalue weighted by Crippen LogP contribution is 2.21. The summed E-state index contributed by atoms with van der Waals surface area (Å²) in [6, 6.07) is 3.62. The fraction of sp³-hybridized carbons (Fsp3) is 0.0833. The number of rotatable bonds is 4. The highest BCUT2D eigenvalue weighted by molar-refractivity contribution is 6.31. The van der Waals surface area contributed by atoms with Crippen molar-refractivity contribution in [3.8, 4) is 0 Å². The molecule has 2 rings (SSSR count). The Morgan fingerprint density at radius 1 is 1.40 bits per heavy atom. The molecule has 0 spiro atoms. The number of hydrogen-bond donors (Lipinski definition) is 4. The number of aromatic carboxylic acids is 1. The van der Waals surface area contributed by atoms with Crippen molar-refractivity contribution in [3.63, 3.8) is 0 Å². The van der Waals surface area contributed by atoms with Gasteiger partial charge in [0.05, 0.1) is 17.4 Å². The standard InChI is InChI=1S/C12H11ClN4O3/c13-8-1-2-9(11(18)19)10(3-8)17-12(20)14-4-7-5-15-16-6-7/h1-3,5-6H,4H2,(H,15,16)(H,18,19)(H2,14,17,20). The van der Waals surface area contributed by atoms with Gasteiger partial charge < -0.3 is 15.7 Å². The van der Waals surface area contributed by atoms with Gasteiger partial charge in [0.1, 0.15) is 0 Å². The van der Waals surface area contributed by atoms with Gasteiger partial charge in [-0.3, -0.25) is 5.10 Å². The molecule has 2 amide bonds. The smallest absolute Gasteiger partial charge is 0.337 e. The summed E-state index contributed by atoms with van der Waals surface area (Å²) in [4.78, 5) is 22.7. The van der Waals surface area contributed by atoms with Crippen LogP contribution < -0.4 is 10.6 Å². The Morgan fingerprint density at radius 2 is 2.20 bits per heavy atom. The number of benzene rings is 1. The van der Waals surface area contributed by atoms with Crippen molar-refractivity contribution in [1.29, 1.82) is 0 Å². The molecule has 20 heavy (non-hydrogen) atoms. The first-order valence-corrected chi connectivity index (χ1v) is 5.99. The summed E-state index contributed by atoms with van der Waals surface area (Å²) in [6.07, 6.45) is 3.21. The van der Waals surface area contributed by atoms with Crippen LogP contribution in [0.25, 0.3) is 0 Å². The number of hydrogen-bond acceptors (Lipinski definition) is 3. The van der Waals surface area contributed by atoms with Gasteiger partial charge >= 0.3 is 12.0 Å². The lowest BCUT2D eigenvalue weighted by Gasteiger charge is -2.09. The Kier molecular flexibility index (Phi) is 4.21. The summed E-state index contributed by atoms with van der Waals surface area (Å²) in [5.41, 5.74) is 0.896. The second-order valence-electron chi connectivity index (χ2n) is 3.91. The Labute approximate surface area is 119 Å². The Hall–Kier alpha value is -2.54. The zero-order chi connectivity index (χ0) is 14.5. The summed E-state index contributed by atoms with van der Waals surface area (Å²) < 4.78 is 0. The number of anilines is 1. The second kappa shape index (κ2) is 6.07. The lowest BCUT2D eigenvalue weighted by atomic mass is 10.2. The Bertz CT molecular complexity index is 628. The number of carboxylic acids is 1. The largest absolute Gasteiger partial charge is 0.478 e. The molecule has 1 heterocycles. The summed E-state index contributed by atoms with van der Waals surface area (Å²) in [5, 5.41) is 20.7. The normalized spacial score (nSPS) is 10.1. The van der Waals surface area contributed by atoms with Crippen LogP contribution in [0.5, 0.6) is 0 Å². The molecular weight excluding hydrogens is 284 g/mol. The maximum absolute atomic E-state index is 11.7. The zero-order valence-electron chi connectivity index (χ0n) is 10.2. The van der Waals surface area contributed by atoms with E-state index in [1.165, 1.54) is 18.2 Å². The van der Waals surface area contributed by atoms with Crippen LogP contribution in [0.1, 0.15) is 15.9 Å². The number of carbonyl (C=O) groups excluding carboxylic acids is 1. The lowest BCUT2D eigenvalue weighted by molar-refractivity contribution is 0.0698. The van der Waals surface area contributed by atoms with Gasteiger partial charge in [-0.05, 0) is 18.2 Å². The average molecular weight is 295 g/mol. The molecule has 8 heteroatoms. The molecule has 0 aliphatic rings. The van der Waals surface area contributed by atoms with Gasteiger partial charge in [-0.15, -0.1) is 0 Å². The minimum absolute atomic E-state index is 0.0344. The molecule has 0 radical (unpaired) electrons. The number of carbonyl (C=O) groups is 2. The van der Waals surface area contributed by atoms with E-state index in [-0.39, 0.29) is 17.8 Å². The molecule has 1 aromatic carbocycles. The van der Waals surface area contributed by atoms with Gasteiger partial charge in [0.2, 0.25) is 0 Å². The van der Waals surface area contributed by atoms with Gasteiger partial charge in [0.25, 0.3) is 0 Å². The van der Waals surface area contributed by atoms with Gasteiger partial charge in [-0.1, -0.05) is 11.6 Å². The number of urea groups is 1. The number of H-pyrrole nitrogens is 1. The number of aromatic amines is 1. The Morgan fingerprint density at radius 3 is 2.85 bits per heavy atom. The minimum atomic E-state index is -1.15. The van der Waals surface area contributed by atoms with Crippen molar-refractivity contribution in [2.45, 2.75) is 6.54 Å². The Balaban J connectivity index is 2.03. The molecular formula is C12H11ClN4O3. The summed E-state index contributed by atoms with van der Waals surface area (Å²) in [6.45, 7) is 0.269. The van der Waals surface area contributed by atoms with Crippen LogP contribution in [0.4, 0.5) is 10.5 Å². The van der Waals surface area contributed by atoms with Crippen LogP contribution in [0, 0.1) is 0 Å². The van der Waals surface area contributed by atoms with Crippen molar-refractivity contribution in [2.75, 3.05) is 5.32 Å². The van der Waals surface area contributed by atoms with E-state index < -0.39 is 12.0 Å². The van der Waals surface area contributed by atoms with Crippen molar-refractivity contribution in [3.05, 3.63) is 46.7 Å². The third kappa shape index (κ3) is 3.48. The SMILES string of the molecule is O=C(NCc1cn[nH]c1)Nc1cc(Cl)ccc1C(=O)O. The number of nitrogens with one attached hydrogen (secondary N) is 3. The lowest BCUT2D eigenvalue weighted by Crippen LogP contribution is -2.28. The molecule has 1 aromatic heterocycles. The van der Waals surface area contributed by atoms with Gasteiger partial charge in [-0.25, -0.2) is 9.59 Å². The zero-order valence-corrected chi connectivity index (χ0v) is 10.9. The molecule has 0 atom stereocenters. The van der Waals surface area contributed by atoms with E-state index in [4.69, 9.17) is 16.7 Å².